The fourth-order valence-electron chi connectivity index (χ4n) is 0.729. The molecular weight excluding hydrogens is 122 g/mol. The van der Waals surface area contributed by atoms with Crippen molar-refractivity contribution in [3.8, 4) is 0 Å². The van der Waals surface area contributed by atoms with E-state index < -0.39 is 0 Å². The maximum Gasteiger partial charge on any atom is 0.0630 e. The molecule has 50 valence electrons. The van der Waals surface area contributed by atoms with Gasteiger partial charge in [0.25, 0.3) is 0 Å². The maximum absolute atomic E-state index is 4.01. The van der Waals surface area contributed by atoms with Gasteiger partial charge in [-0.1, -0.05) is 31.4 Å². The first kappa shape index (κ1) is 6.75. The van der Waals surface area contributed by atoms with Crippen molar-refractivity contribution in [2.75, 3.05) is 0 Å². The molecule has 1 heterocycles. The van der Waals surface area contributed by atoms with E-state index in [0.717, 1.165) is 10.6 Å². The molecule has 1 aromatic heterocycles. The van der Waals surface area contributed by atoms with E-state index in [-0.39, 0.29) is 0 Å². The summed E-state index contributed by atoms with van der Waals surface area (Å²) in [5, 5.41) is 1.82. The quantitative estimate of drug-likeness (QED) is 0.539. The molecule has 0 aliphatic heterocycles. The number of allylic oxidation sites excluding steroid dienone is 1. The van der Waals surface area contributed by atoms with Crippen LogP contribution in [0.3, 0.4) is 0 Å². The Morgan fingerprint density at radius 3 is 2.90 bits per heavy atom. The summed E-state index contributed by atoms with van der Waals surface area (Å²) in [7, 11) is 0. The first-order chi connectivity index (χ1) is 4.84. The molecule has 0 aromatic carbocycles. The SMILES string of the molecule is C=C/C=c1/cccnc1=C. The van der Waals surface area contributed by atoms with Crippen molar-refractivity contribution in [1.82, 2.24) is 4.98 Å². The van der Waals surface area contributed by atoms with Gasteiger partial charge in [-0.3, -0.25) is 4.98 Å². The molecule has 1 heteroatoms. The van der Waals surface area contributed by atoms with E-state index in [2.05, 4.69) is 18.1 Å². The highest BCUT2D eigenvalue weighted by molar-refractivity contribution is 5.34. The van der Waals surface area contributed by atoms with E-state index in [1.807, 2.05) is 18.2 Å². The summed E-state index contributed by atoms with van der Waals surface area (Å²) in [6, 6.07) is 3.83. The van der Waals surface area contributed by atoms with Gasteiger partial charge in [-0.15, -0.1) is 0 Å². The van der Waals surface area contributed by atoms with Gasteiger partial charge in [0.2, 0.25) is 0 Å². The van der Waals surface area contributed by atoms with Gasteiger partial charge in [-0.25, -0.2) is 0 Å². The third kappa shape index (κ3) is 1.32. The van der Waals surface area contributed by atoms with Crippen LogP contribution in [0, 0.1) is 0 Å². The molecule has 0 atom stereocenters. The molecular formula is C9H9N. The number of hydrogen-bond acceptors (Lipinski definition) is 1. The molecule has 0 unspecified atom stereocenters. The third-order valence-corrected chi connectivity index (χ3v) is 1.22. The summed E-state index contributed by atoms with van der Waals surface area (Å²) in [5.41, 5.74) is 0. The first-order valence-electron chi connectivity index (χ1n) is 3.07. The third-order valence-electron chi connectivity index (χ3n) is 1.22. The van der Waals surface area contributed by atoms with Crippen molar-refractivity contribution >= 4 is 12.7 Å². The van der Waals surface area contributed by atoms with Gasteiger partial charge in [0.05, 0.1) is 5.35 Å². The monoisotopic (exact) mass is 131 g/mol. The molecule has 0 fully saturated rings. The van der Waals surface area contributed by atoms with Gasteiger partial charge in [0, 0.05) is 6.20 Å². The van der Waals surface area contributed by atoms with Crippen LogP contribution in [-0.2, 0) is 0 Å². The summed E-state index contributed by atoms with van der Waals surface area (Å²) < 4.78 is 0. The molecule has 0 N–H and O–H groups in total. The van der Waals surface area contributed by atoms with Crippen molar-refractivity contribution in [1.29, 1.82) is 0 Å². The Kier molecular flexibility index (Phi) is 2.00. The zero-order chi connectivity index (χ0) is 7.40. The standard InChI is InChI=1S/C9H9N/c1-3-5-9-6-4-7-10-8(9)2/h3-7H,1-2H2/b9-5-. The molecule has 0 saturated heterocycles. The second-order valence-electron chi connectivity index (χ2n) is 1.94. The Morgan fingerprint density at radius 2 is 2.30 bits per heavy atom. The van der Waals surface area contributed by atoms with E-state index in [1.54, 1.807) is 12.3 Å². The highest BCUT2D eigenvalue weighted by Crippen LogP contribution is 1.66. The van der Waals surface area contributed by atoms with Crippen molar-refractivity contribution in [2.24, 2.45) is 0 Å². The van der Waals surface area contributed by atoms with Crippen molar-refractivity contribution in [3.05, 3.63) is 41.6 Å². The molecule has 0 radical (unpaired) electrons. The molecule has 1 rings (SSSR count). The molecule has 0 bridgehead atoms. The van der Waals surface area contributed by atoms with Crippen molar-refractivity contribution in [2.45, 2.75) is 0 Å². The lowest BCUT2D eigenvalue weighted by atomic mass is 10.3. The average molecular weight is 131 g/mol. The summed E-state index contributed by atoms with van der Waals surface area (Å²) in [6.07, 6.45) is 5.34. The number of hydrogen-bond donors (Lipinski definition) is 0. The topological polar surface area (TPSA) is 12.9 Å². The maximum atomic E-state index is 4.01. The number of rotatable bonds is 1. The first-order valence-corrected chi connectivity index (χ1v) is 3.07. The van der Waals surface area contributed by atoms with Crippen LogP contribution in [0.15, 0.2) is 31.0 Å². The molecule has 0 saturated carbocycles. The largest absolute Gasteiger partial charge is 0.257 e. The van der Waals surface area contributed by atoms with Crippen molar-refractivity contribution < 1.29 is 0 Å². The van der Waals surface area contributed by atoms with Gasteiger partial charge in [-0.05, 0) is 11.3 Å². The Bertz CT molecular complexity index is 325. The van der Waals surface area contributed by atoms with E-state index in [0.29, 0.717) is 0 Å². The normalized spacial score (nSPS) is 11.4. The molecule has 1 nitrogen and oxygen atoms in total. The number of aromatic nitrogens is 1. The zero-order valence-corrected chi connectivity index (χ0v) is 5.75. The van der Waals surface area contributed by atoms with E-state index in [4.69, 9.17) is 0 Å². The highest BCUT2D eigenvalue weighted by atomic mass is 14.6. The van der Waals surface area contributed by atoms with Crippen LogP contribution in [-0.4, -0.2) is 4.98 Å². The van der Waals surface area contributed by atoms with Gasteiger partial charge in [0.1, 0.15) is 0 Å². The Labute approximate surface area is 60.0 Å². The smallest absolute Gasteiger partial charge is 0.0630 e. The van der Waals surface area contributed by atoms with Crippen LogP contribution >= 0.6 is 0 Å². The van der Waals surface area contributed by atoms with E-state index in [1.165, 1.54) is 0 Å². The lowest BCUT2D eigenvalue weighted by Gasteiger charge is -1.83. The molecule has 0 aliphatic carbocycles. The van der Waals surface area contributed by atoms with Gasteiger partial charge < -0.3 is 0 Å². The molecule has 0 aliphatic rings. The minimum absolute atomic E-state index is 0.794. The number of pyridine rings is 1. The Hall–Kier alpha value is -1.37. The van der Waals surface area contributed by atoms with Gasteiger partial charge >= 0.3 is 0 Å². The fourth-order valence-corrected chi connectivity index (χ4v) is 0.729. The van der Waals surface area contributed by atoms with Crippen LogP contribution in [0.4, 0.5) is 0 Å². The highest BCUT2D eigenvalue weighted by Gasteiger charge is 1.76. The molecule has 0 amide bonds. The predicted molar refractivity (Wildman–Crippen MR) is 43.7 cm³/mol. The van der Waals surface area contributed by atoms with E-state index >= 15 is 0 Å². The van der Waals surface area contributed by atoms with Crippen LogP contribution < -0.4 is 10.6 Å². The second kappa shape index (κ2) is 2.97. The molecule has 10 heavy (non-hydrogen) atoms. The zero-order valence-electron chi connectivity index (χ0n) is 5.75. The summed E-state index contributed by atoms with van der Waals surface area (Å²) in [4.78, 5) is 4.01. The molecule has 1 aromatic rings. The van der Waals surface area contributed by atoms with Crippen LogP contribution in [0.1, 0.15) is 0 Å². The van der Waals surface area contributed by atoms with E-state index in [9.17, 15) is 0 Å². The fraction of sp³-hybridized carbons (Fsp3) is 0. The lowest BCUT2D eigenvalue weighted by molar-refractivity contribution is 1.23. The predicted octanol–water partition coefficient (Wildman–Crippen LogP) is 0.458. The van der Waals surface area contributed by atoms with Crippen LogP contribution in [0.25, 0.3) is 12.7 Å². The van der Waals surface area contributed by atoms with Crippen LogP contribution in [0.5, 0.6) is 0 Å². The minimum atomic E-state index is 0.794. The lowest BCUT2D eigenvalue weighted by Crippen LogP contribution is -2.24. The average Bonchev–Trinajstić information content (AvgIpc) is 1.94. The van der Waals surface area contributed by atoms with Gasteiger partial charge in [0.15, 0.2) is 0 Å². The Morgan fingerprint density at radius 1 is 1.50 bits per heavy atom. The van der Waals surface area contributed by atoms with Crippen molar-refractivity contribution in [3.63, 3.8) is 0 Å². The van der Waals surface area contributed by atoms with Crippen LogP contribution in [0.2, 0.25) is 0 Å². The minimum Gasteiger partial charge on any atom is -0.257 e. The summed E-state index contributed by atoms with van der Waals surface area (Å²) in [5.74, 6) is 0. The molecule has 0 spiro atoms. The summed E-state index contributed by atoms with van der Waals surface area (Å²) in [6.45, 7) is 7.33. The number of nitrogens with zero attached hydrogens (tertiary/aromatic N) is 1. The van der Waals surface area contributed by atoms with Gasteiger partial charge in [-0.2, -0.15) is 0 Å². The summed E-state index contributed by atoms with van der Waals surface area (Å²) >= 11 is 0. The Balaban J connectivity index is 3.43. The second-order valence-corrected chi connectivity index (χ2v) is 1.94.